The first-order chi connectivity index (χ1) is 9.86. The van der Waals surface area contributed by atoms with Crippen molar-refractivity contribution < 1.29 is 18.0 Å². The Morgan fingerprint density at radius 3 is 2.71 bits per heavy atom. The van der Waals surface area contributed by atoms with Crippen molar-refractivity contribution in [2.24, 2.45) is 5.92 Å². The standard InChI is InChI=1S/C15H19F3N2O/c1-20(14(21)9-19-8-11-5-6-11)10-12-3-2-4-13(7-12)15(16,17)18/h2-4,7,11,19H,5-6,8-10H2,1H3. The van der Waals surface area contributed by atoms with Crippen LogP contribution < -0.4 is 5.32 Å². The van der Waals surface area contributed by atoms with Crippen LogP contribution in [0.4, 0.5) is 13.2 Å². The third-order valence-corrected chi connectivity index (χ3v) is 3.51. The fraction of sp³-hybridized carbons (Fsp3) is 0.533. The first-order valence-electron chi connectivity index (χ1n) is 6.97. The number of hydrogen-bond acceptors (Lipinski definition) is 2. The molecule has 1 aromatic rings. The lowest BCUT2D eigenvalue weighted by Gasteiger charge is -2.18. The van der Waals surface area contributed by atoms with Gasteiger partial charge in [-0.25, -0.2) is 0 Å². The zero-order valence-electron chi connectivity index (χ0n) is 11.9. The van der Waals surface area contributed by atoms with Crippen LogP contribution in [-0.2, 0) is 17.5 Å². The molecule has 1 N–H and O–H groups in total. The van der Waals surface area contributed by atoms with Gasteiger partial charge in [0, 0.05) is 13.6 Å². The second-order valence-electron chi connectivity index (χ2n) is 5.52. The van der Waals surface area contributed by atoms with Gasteiger partial charge in [-0.05, 0) is 43.0 Å². The summed E-state index contributed by atoms with van der Waals surface area (Å²) in [4.78, 5) is 13.3. The van der Waals surface area contributed by atoms with Crippen LogP contribution in [0.15, 0.2) is 24.3 Å². The maximum atomic E-state index is 12.6. The molecule has 0 aliphatic heterocycles. The monoisotopic (exact) mass is 300 g/mol. The van der Waals surface area contributed by atoms with Gasteiger partial charge < -0.3 is 10.2 Å². The average molecular weight is 300 g/mol. The predicted molar refractivity (Wildman–Crippen MR) is 73.5 cm³/mol. The summed E-state index contributed by atoms with van der Waals surface area (Å²) >= 11 is 0. The SMILES string of the molecule is CN(Cc1cccc(C(F)(F)F)c1)C(=O)CNCC1CC1. The van der Waals surface area contributed by atoms with Gasteiger partial charge in [-0.3, -0.25) is 4.79 Å². The summed E-state index contributed by atoms with van der Waals surface area (Å²) in [6.45, 7) is 1.24. The lowest BCUT2D eigenvalue weighted by atomic mass is 10.1. The van der Waals surface area contributed by atoms with Crippen LogP contribution in [0, 0.1) is 5.92 Å². The predicted octanol–water partition coefficient (Wildman–Crippen LogP) is 2.66. The molecule has 0 unspecified atom stereocenters. The fourth-order valence-corrected chi connectivity index (χ4v) is 2.05. The average Bonchev–Trinajstić information content (AvgIpc) is 3.22. The maximum Gasteiger partial charge on any atom is 0.416 e. The normalized spacial score (nSPS) is 15.0. The van der Waals surface area contributed by atoms with Crippen molar-refractivity contribution in [1.82, 2.24) is 10.2 Å². The lowest BCUT2D eigenvalue weighted by Crippen LogP contribution is -2.35. The summed E-state index contributed by atoms with van der Waals surface area (Å²) in [5, 5.41) is 3.08. The zero-order valence-corrected chi connectivity index (χ0v) is 11.9. The number of rotatable bonds is 6. The van der Waals surface area contributed by atoms with E-state index in [-0.39, 0.29) is 19.0 Å². The second kappa shape index (κ2) is 6.47. The third-order valence-electron chi connectivity index (χ3n) is 3.51. The highest BCUT2D eigenvalue weighted by Gasteiger charge is 2.30. The molecule has 21 heavy (non-hydrogen) atoms. The number of carbonyl (C=O) groups excluding carboxylic acids is 1. The van der Waals surface area contributed by atoms with Gasteiger partial charge in [0.2, 0.25) is 5.91 Å². The molecule has 1 aromatic carbocycles. The molecule has 3 nitrogen and oxygen atoms in total. The van der Waals surface area contributed by atoms with E-state index in [9.17, 15) is 18.0 Å². The van der Waals surface area contributed by atoms with Crippen molar-refractivity contribution in [3.05, 3.63) is 35.4 Å². The molecule has 116 valence electrons. The van der Waals surface area contributed by atoms with E-state index in [1.165, 1.54) is 23.8 Å². The van der Waals surface area contributed by atoms with E-state index in [2.05, 4.69) is 5.32 Å². The van der Waals surface area contributed by atoms with Gasteiger partial charge in [-0.1, -0.05) is 12.1 Å². The Morgan fingerprint density at radius 1 is 1.38 bits per heavy atom. The Hall–Kier alpha value is -1.56. The number of alkyl halides is 3. The Kier molecular flexibility index (Phi) is 4.88. The zero-order chi connectivity index (χ0) is 15.5. The molecule has 1 saturated carbocycles. The van der Waals surface area contributed by atoms with Gasteiger partial charge in [0.15, 0.2) is 0 Å². The minimum Gasteiger partial charge on any atom is -0.340 e. The summed E-state index contributed by atoms with van der Waals surface area (Å²) in [5.41, 5.74) is -0.212. The first kappa shape index (κ1) is 15.8. The van der Waals surface area contributed by atoms with Crippen molar-refractivity contribution in [3.63, 3.8) is 0 Å². The molecule has 0 bridgehead atoms. The Labute approximate surface area is 122 Å². The van der Waals surface area contributed by atoms with Crippen molar-refractivity contribution in [2.45, 2.75) is 25.6 Å². The van der Waals surface area contributed by atoms with Gasteiger partial charge in [0.05, 0.1) is 12.1 Å². The molecule has 0 heterocycles. The summed E-state index contributed by atoms with van der Waals surface area (Å²) in [7, 11) is 1.60. The number of halogens is 3. The van der Waals surface area contributed by atoms with Gasteiger partial charge in [-0.2, -0.15) is 13.2 Å². The Morgan fingerprint density at radius 2 is 2.10 bits per heavy atom. The van der Waals surface area contributed by atoms with Crippen LogP contribution in [0.3, 0.4) is 0 Å². The van der Waals surface area contributed by atoms with E-state index in [0.29, 0.717) is 11.5 Å². The summed E-state index contributed by atoms with van der Waals surface area (Å²) < 4.78 is 37.9. The van der Waals surface area contributed by atoms with Crippen LogP contribution >= 0.6 is 0 Å². The quantitative estimate of drug-likeness (QED) is 0.876. The van der Waals surface area contributed by atoms with Crippen LogP contribution in [-0.4, -0.2) is 30.9 Å². The Bertz CT molecular complexity index is 498. The van der Waals surface area contributed by atoms with Gasteiger partial charge in [-0.15, -0.1) is 0 Å². The summed E-state index contributed by atoms with van der Waals surface area (Å²) in [5.74, 6) is 0.569. The minimum atomic E-state index is -4.36. The molecule has 1 aliphatic carbocycles. The molecule has 6 heteroatoms. The van der Waals surface area contributed by atoms with Crippen LogP contribution in [0.25, 0.3) is 0 Å². The highest BCUT2D eigenvalue weighted by molar-refractivity contribution is 5.77. The molecular formula is C15H19F3N2O. The van der Waals surface area contributed by atoms with Gasteiger partial charge in [0.25, 0.3) is 0 Å². The molecule has 2 rings (SSSR count). The van der Waals surface area contributed by atoms with Crippen molar-refractivity contribution in [3.8, 4) is 0 Å². The molecule has 0 saturated heterocycles. The molecular weight excluding hydrogens is 281 g/mol. The van der Waals surface area contributed by atoms with Crippen LogP contribution in [0.1, 0.15) is 24.0 Å². The maximum absolute atomic E-state index is 12.6. The number of benzene rings is 1. The third kappa shape index (κ3) is 5.04. The minimum absolute atomic E-state index is 0.118. The summed E-state index contributed by atoms with van der Waals surface area (Å²) in [6.07, 6.45) is -1.94. The molecule has 0 spiro atoms. The van der Waals surface area contributed by atoms with E-state index >= 15 is 0 Å². The molecule has 0 aromatic heterocycles. The topological polar surface area (TPSA) is 32.3 Å². The second-order valence-corrected chi connectivity index (χ2v) is 5.52. The smallest absolute Gasteiger partial charge is 0.340 e. The number of likely N-dealkylation sites (N-methyl/N-ethyl adjacent to an activating group) is 1. The number of amides is 1. The molecule has 1 aliphatic rings. The van der Waals surface area contributed by atoms with Crippen molar-refractivity contribution in [2.75, 3.05) is 20.1 Å². The van der Waals surface area contributed by atoms with Gasteiger partial charge >= 0.3 is 6.18 Å². The number of nitrogens with zero attached hydrogens (tertiary/aromatic N) is 1. The number of nitrogens with one attached hydrogen (secondary N) is 1. The van der Waals surface area contributed by atoms with Crippen LogP contribution in [0.2, 0.25) is 0 Å². The highest BCUT2D eigenvalue weighted by Crippen LogP contribution is 2.29. The molecule has 1 amide bonds. The van der Waals surface area contributed by atoms with Crippen molar-refractivity contribution in [1.29, 1.82) is 0 Å². The number of hydrogen-bond donors (Lipinski definition) is 1. The van der Waals surface area contributed by atoms with E-state index in [1.54, 1.807) is 13.1 Å². The van der Waals surface area contributed by atoms with Crippen molar-refractivity contribution >= 4 is 5.91 Å². The van der Waals surface area contributed by atoms with E-state index in [1.807, 2.05) is 0 Å². The van der Waals surface area contributed by atoms with Crippen LogP contribution in [0.5, 0.6) is 0 Å². The largest absolute Gasteiger partial charge is 0.416 e. The van der Waals surface area contributed by atoms with E-state index in [4.69, 9.17) is 0 Å². The number of carbonyl (C=O) groups is 1. The molecule has 1 fully saturated rings. The highest BCUT2D eigenvalue weighted by atomic mass is 19.4. The first-order valence-corrected chi connectivity index (χ1v) is 6.97. The Balaban J connectivity index is 1.85. The molecule has 0 radical (unpaired) electrons. The fourth-order valence-electron chi connectivity index (χ4n) is 2.05. The van der Waals surface area contributed by atoms with E-state index < -0.39 is 11.7 Å². The summed E-state index contributed by atoms with van der Waals surface area (Å²) in [6, 6.07) is 5.07. The van der Waals surface area contributed by atoms with Gasteiger partial charge in [0.1, 0.15) is 0 Å². The molecule has 0 atom stereocenters. The lowest BCUT2D eigenvalue weighted by molar-refractivity contribution is -0.137. The van der Waals surface area contributed by atoms with E-state index in [0.717, 1.165) is 18.7 Å².